The molecule has 0 heterocycles. The number of unbranched alkanes of at least 4 members (excludes halogenated alkanes) is 1. The molecule has 0 bridgehead atoms. The molecule has 18 heavy (non-hydrogen) atoms. The molecule has 1 aliphatic carbocycles. The van der Waals surface area contributed by atoms with E-state index in [0.29, 0.717) is 12.1 Å². The second-order valence-electron chi connectivity index (χ2n) is 5.50. The number of primary amides is 1. The molecule has 1 aliphatic rings. The summed E-state index contributed by atoms with van der Waals surface area (Å²) in [6.45, 7) is 8.42. The first kappa shape index (κ1) is 15.4. The Morgan fingerprint density at radius 3 is 2.56 bits per heavy atom. The van der Waals surface area contributed by atoms with Crippen molar-refractivity contribution in [2.24, 2.45) is 5.73 Å². The molecule has 4 heteroatoms. The van der Waals surface area contributed by atoms with Crippen molar-refractivity contribution in [3.8, 4) is 0 Å². The van der Waals surface area contributed by atoms with Crippen LogP contribution in [0.2, 0.25) is 0 Å². The number of carbonyl (C=O) groups is 1. The van der Waals surface area contributed by atoms with Crippen LogP contribution in [-0.2, 0) is 4.79 Å². The molecule has 1 amide bonds. The molecule has 4 nitrogen and oxygen atoms in total. The second kappa shape index (κ2) is 7.74. The number of amides is 1. The van der Waals surface area contributed by atoms with E-state index in [2.05, 4.69) is 31.0 Å². The van der Waals surface area contributed by atoms with Crippen molar-refractivity contribution in [3.63, 3.8) is 0 Å². The Bertz CT molecular complexity index is 253. The highest BCUT2D eigenvalue weighted by atomic mass is 16.1. The van der Waals surface area contributed by atoms with E-state index >= 15 is 0 Å². The summed E-state index contributed by atoms with van der Waals surface area (Å²) in [4.78, 5) is 13.9. The zero-order chi connectivity index (χ0) is 13.5. The summed E-state index contributed by atoms with van der Waals surface area (Å²) in [5.74, 6) is -0.216. The molecular formula is C14H29N3O. The lowest BCUT2D eigenvalue weighted by atomic mass is 10.1. The van der Waals surface area contributed by atoms with E-state index in [9.17, 15) is 4.79 Å². The summed E-state index contributed by atoms with van der Waals surface area (Å²) in [6.07, 6.45) is 5.84. The van der Waals surface area contributed by atoms with Crippen LogP contribution < -0.4 is 11.1 Å². The standard InChI is InChI=1S/C14H29N3O/c1-4-6-9-17(11(3)5-2)10-13(14(15)18)16-12-7-8-12/h11-13,16H,4-10H2,1-3H3,(H2,15,18). The highest BCUT2D eigenvalue weighted by Gasteiger charge is 2.29. The normalized spacial score (nSPS) is 18.9. The molecule has 106 valence electrons. The monoisotopic (exact) mass is 255 g/mol. The Balaban J connectivity index is 2.50. The van der Waals surface area contributed by atoms with Gasteiger partial charge >= 0.3 is 0 Å². The van der Waals surface area contributed by atoms with Crippen LogP contribution in [-0.4, -0.2) is 42.0 Å². The van der Waals surface area contributed by atoms with E-state index in [4.69, 9.17) is 5.73 Å². The molecule has 2 atom stereocenters. The van der Waals surface area contributed by atoms with Crippen molar-refractivity contribution >= 4 is 5.91 Å². The van der Waals surface area contributed by atoms with Crippen LogP contribution in [0.4, 0.5) is 0 Å². The van der Waals surface area contributed by atoms with Crippen molar-refractivity contribution in [2.45, 2.75) is 71.0 Å². The third-order valence-corrected chi connectivity index (χ3v) is 3.79. The van der Waals surface area contributed by atoms with Crippen LogP contribution in [0.1, 0.15) is 52.9 Å². The topological polar surface area (TPSA) is 58.4 Å². The largest absolute Gasteiger partial charge is 0.368 e. The van der Waals surface area contributed by atoms with Crippen LogP contribution in [0.15, 0.2) is 0 Å². The molecule has 0 aliphatic heterocycles. The number of nitrogens with one attached hydrogen (secondary N) is 1. The van der Waals surface area contributed by atoms with Crippen LogP contribution >= 0.6 is 0 Å². The zero-order valence-electron chi connectivity index (χ0n) is 12.1. The summed E-state index contributed by atoms with van der Waals surface area (Å²) in [5.41, 5.74) is 5.50. The molecule has 0 aromatic heterocycles. The lowest BCUT2D eigenvalue weighted by Crippen LogP contribution is -2.51. The van der Waals surface area contributed by atoms with Gasteiger partial charge < -0.3 is 11.1 Å². The number of hydrogen-bond acceptors (Lipinski definition) is 3. The molecule has 1 rings (SSSR count). The van der Waals surface area contributed by atoms with Crippen molar-refractivity contribution in [2.75, 3.05) is 13.1 Å². The van der Waals surface area contributed by atoms with Crippen LogP contribution in [0.3, 0.4) is 0 Å². The second-order valence-corrected chi connectivity index (χ2v) is 5.50. The predicted octanol–water partition coefficient (Wildman–Crippen LogP) is 1.49. The van der Waals surface area contributed by atoms with Crippen molar-refractivity contribution in [1.82, 2.24) is 10.2 Å². The van der Waals surface area contributed by atoms with E-state index < -0.39 is 0 Å². The van der Waals surface area contributed by atoms with Gasteiger partial charge in [-0.25, -0.2) is 0 Å². The highest BCUT2D eigenvalue weighted by molar-refractivity contribution is 5.80. The average Bonchev–Trinajstić information content (AvgIpc) is 3.15. The van der Waals surface area contributed by atoms with E-state index in [1.807, 2.05) is 0 Å². The van der Waals surface area contributed by atoms with Gasteiger partial charge in [-0.1, -0.05) is 20.3 Å². The molecule has 2 unspecified atom stereocenters. The van der Waals surface area contributed by atoms with E-state index in [1.54, 1.807) is 0 Å². The average molecular weight is 255 g/mol. The van der Waals surface area contributed by atoms with Gasteiger partial charge in [0.05, 0.1) is 6.04 Å². The van der Waals surface area contributed by atoms with Crippen LogP contribution in [0.25, 0.3) is 0 Å². The van der Waals surface area contributed by atoms with E-state index in [0.717, 1.165) is 19.5 Å². The number of carbonyl (C=O) groups excluding carboxylic acids is 1. The van der Waals surface area contributed by atoms with Crippen LogP contribution in [0, 0.1) is 0 Å². The third-order valence-electron chi connectivity index (χ3n) is 3.79. The van der Waals surface area contributed by atoms with Gasteiger partial charge in [0.1, 0.15) is 0 Å². The third kappa shape index (κ3) is 5.36. The van der Waals surface area contributed by atoms with Gasteiger partial charge in [-0.05, 0) is 39.2 Å². The minimum Gasteiger partial charge on any atom is -0.368 e. The summed E-state index contributed by atoms with van der Waals surface area (Å²) >= 11 is 0. The van der Waals surface area contributed by atoms with Gasteiger partial charge in [0.25, 0.3) is 0 Å². The van der Waals surface area contributed by atoms with Crippen molar-refractivity contribution in [1.29, 1.82) is 0 Å². The van der Waals surface area contributed by atoms with Crippen LogP contribution in [0.5, 0.6) is 0 Å². The number of hydrogen-bond donors (Lipinski definition) is 2. The molecular weight excluding hydrogens is 226 g/mol. The number of nitrogens with zero attached hydrogens (tertiary/aromatic N) is 1. The fourth-order valence-electron chi connectivity index (χ4n) is 2.10. The fourth-order valence-corrected chi connectivity index (χ4v) is 2.10. The number of nitrogens with two attached hydrogens (primary N) is 1. The molecule has 0 aromatic carbocycles. The Labute approximate surface area is 111 Å². The van der Waals surface area contributed by atoms with Gasteiger partial charge in [-0.15, -0.1) is 0 Å². The Morgan fingerprint density at radius 1 is 1.44 bits per heavy atom. The maximum absolute atomic E-state index is 11.5. The lowest BCUT2D eigenvalue weighted by molar-refractivity contribution is -0.120. The van der Waals surface area contributed by atoms with Gasteiger partial charge in [-0.2, -0.15) is 0 Å². The summed E-state index contributed by atoms with van der Waals surface area (Å²) in [5, 5.41) is 3.36. The minimum absolute atomic E-state index is 0.191. The molecule has 0 spiro atoms. The molecule has 1 fully saturated rings. The smallest absolute Gasteiger partial charge is 0.235 e. The minimum atomic E-state index is -0.216. The quantitative estimate of drug-likeness (QED) is 0.622. The SMILES string of the molecule is CCCCN(CC(NC1CC1)C(N)=O)C(C)CC. The van der Waals surface area contributed by atoms with Crippen molar-refractivity contribution < 1.29 is 4.79 Å². The first-order chi connectivity index (χ1) is 8.58. The van der Waals surface area contributed by atoms with Gasteiger partial charge in [0, 0.05) is 18.6 Å². The van der Waals surface area contributed by atoms with Crippen molar-refractivity contribution in [3.05, 3.63) is 0 Å². The van der Waals surface area contributed by atoms with Gasteiger partial charge in [0.2, 0.25) is 5.91 Å². The first-order valence-corrected chi connectivity index (χ1v) is 7.37. The molecule has 0 aromatic rings. The lowest BCUT2D eigenvalue weighted by Gasteiger charge is -2.31. The molecule has 1 saturated carbocycles. The Kier molecular flexibility index (Phi) is 6.65. The van der Waals surface area contributed by atoms with Gasteiger partial charge in [0.15, 0.2) is 0 Å². The Morgan fingerprint density at radius 2 is 2.11 bits per heavy atom. The fraction of sp³-hybridized carbons (Fsp3) is 0.929. The highest BCUT2D eigenvalue weighted by Crippen LogP contribution is 2.20. The first-order valence-electron chi connectivity index (χ1n) is 7.37. The summed E-state index contributed by atoms with van der Waals surface area (Å²) in [7, 11) is 0. The maximum atomic E-state index is 11.5. The molecule has 3 N–H and O–H groups in total. The molecule has 0 radical (unpaired) electrons. The Hall–Kier alpha value is -0.610. The predicted molar refractivity (Wildman–Crippen MR) is 75.4 cm³/mol. The van der Waals surface area contributed by atoms with E-state index in [1.165, 1.54) is 25.7 Å². The molecule has 0 saturated heterocycles. The van der Waals surface area contributed by atoms with Gasteiger partial charge in [-0.3, -0.25) is 9.69 Å². The summed E-state index contributed by atoms with van der Waals surface area (Å²) < 4.78 is 0. The zero-order valence-corrected chi connectivity index (χ0v) is 12.1. The summed E-state index contributed by atoms with van der Waals surface area (Å²) in [6, 6.07) is 0.843. The maximum Gasteiger partial charge on any atom is 0.235 e. The number of rotatable bonds is 10. The van der Waals surface area contributed by atoms with E-state index in [-0.39, 0.29) is 11.9 Å².